The van der Waals surface area contributed by atoms with Crippen LogP contribution in [0.4, 0.5) is 11.4 Å². The van der Waals surface area contributed by atoms with Gasteiger partial charge in [-0.1, -0.05) is 23.4 Å². The summed E-state index contributed by atoms with van der Waals surface area (Å²) in [5, 5.41) is 6.69. The molecule has 0 aliphatic carbocycles. The molecular formula is C21H25N3O3. The third kappa shape index (κ3) is 5.82. The van der Waals surface area contributed by atoms with Crippen LogP contribution in [-0.2, 0) is 14.4 Å². The molecule has 3 rings (SSSR count). The van der Waals surface area contributed by atoms with Gasteiger partial charge >= 0.3 is 0 Å². The van der Waals surface area contributed by atoms with Crippen LogP contribution < -0.4 is 10.2 Å². The number of carbonyl (C=O) groups is 1. The molecule has 2 aromatic carbocycles. The highest BCUT2D eigenvalue weighted by Gasteiger charge is 2.10. The predicted molar refractivity (Wildman–Crippen MR) is 108 cm³/mol. The first-order valence-corrected chi connectivity index (χ1v) is 9.06. The van der Waals surface area contributed by atoms with Gasteiger partial charge in [-0.25, -0.2) is 0 Å². The molecule has 1 aliphatic heterocycles. The Hall–Kier alpha value is -2.86. The van der Waals surface area contributed by atoms with Crippen molar-refractivity contribution in [3.8, 4) is 0 Å². The van der Waals surface area contributed by atoms with Gasteiger partial charge in [-0.15, -0.1) is 0 Å². The van der Waals surface area contributed by atoms with Gasteiger partial charge in [0.15, 0.2) is 6.61 Å². The first-order chi connectivity index (χ1) is 13.1. The van der Waals surface area contributed by atoms with Crippen molar-refractivity contribution in [2.75, 3.05) is 43.1 Å². The number of morpholine rings is 1. The van der Waals surface area contributed by atoms with Crippen molar-refractivity contribution in [3.63, 3.8) is 0 Å². The summed E-state index contributed by atoms with van der Waals surface area (Å²) in [6, 6.07) is 14.0. The fourth-order valence-electron chi connectivity index (χ4n) is 3.03. The molecule has 2 aromatic rings. The molecule has 6 heteroatoms. The van der Waals surface area contributed by atoms with Gasteiger partial charge in [0.2, 0.25) is 0 Å². The van der Waals surface area contributed by atoms with E-state index in [0.29, 0.717) is 0 Å². The number of rotatable bonds is 6. The summed E-state index contributed by atoms with van der Waals surface area (Å²) in [6.07, 6.45) is 1.60. The van der Waals surface area contributed by atoms with Gasteiger partial charge in [0.05, 0.1) is 19.4 Å². The van der Waals surface area contributed by atoms with Crippen LogP contribution in [0.1, 0.15) is 16.7 Å². The minimum absolute atomic E-state index is 0.130. The maximum atomic E-state index is 11.9. The monoisotopic (exact) mass is 367 g/mol. The quantitative estimate of drug-likeness (QED) is 0.629. The number of benzene rings is 2. The number of nitrogens with zero attached hydrogens (tertiary/aromatic N) is 2. The van der Waals surface area contributed by atoms with Crippen LogP contribution in [-0.4, -0.2) is 45.0 Å². The molecule has 0 radical (unpaired) electrons. The fraction of sp³-hybridized carbons (Fsp3) is 0.333. The van der Waals surface area contributed by atoms with Crippen molar-refractivity contribution in [2.45, 2.75) is 13.8 Å². The van der Waals surface area contributed by atoms with Crippen LogP contribution in [0.15, 0.2) is 47.6 Å². The highest BCUT2D eigenvalue weighted by atomic mass is 16.6. The molecule has 142 valence electrons. The average Bonchev–Trinajstić information content (AvgIpc) is 2.66. The minimum atomic E-state index is -0.236. The molecule has 0 unspecified atom stereocenters. The number of ether oxygens (including phenoxy) is 1. The summed E-state index contributed by atoms with van der Waals surface area (Å²) >= 11 is 0. The summed E-state index contributed by atoms with van der Waals surface area (Å²) in [4.78, 5) is 19.3. The summed E-state index contributed by atoms with van der Waals surface area (Å²) in [6.45, 7) is 7.21. The predicted octanol–water partition coefficient (Wildman–Crippen LogP) is 3.13. The molecule has 1 N–H and O–H groups in total. The number of carbonyl (C=O) groups excluding carboxylic acids is 1. The largest absolute Gasteiger partial charge is 0.386 e. The number of hydrogen-bond acceptors (Lipinski definition) is 5. The van der Waals surface area contributed by atoms with E-state index in [9.17, 15) is 4.79 Å². The second-order valence-corrected chi connectivity index (χ2v) is 6.62. The van der Waals surface area contributed by atoms with Crippen LogP contribution in [0, 0.1) is 13.8 Å². The lowest BCUT2D eigenvalue weighted by atomic mass is 10.1. The number of anilines is 2. The van der Waals surface area contributed by atoms with E-state index in [1.54, 1.807) is 6.21 Å². The van der Waals surface area contributed by atoms with E-state index in [-0.39, 0.29) is 12.5 Å². The summed E-state index contributed by atoms with van der Waals surface area (Å²) in [7, 11) is 0. The summed E-state index contributed by atoms with van der Waals surface area (Å²) < 4.78 is 5.37. The Morgan fingerprint density at radius 1 is 1.15 bits per heavy atom. The van der Waals surface area contributed by atoms with Gasteiger partial charge < -0.3 is 19.8 Å². The number of oxime groups is 1. The van der Waals surface area contributed by atoms with Crippen molar-refractivity contribution in [1.29, 1.82) is 0 Å². The Balaban J connectivity index is 1.45. The van der Waals surface area contributed by atoms with Crippen molar-refractivity contribution in [2.24, 2.45) is 5.16 Å². The van der Waals surface area contributed by atoms with E-state index in [4.69, 9.17) is 9.57 Å². The smallest absolute Gasteiger partial charge is 0.265 e. The van der Waals surface area contributed by atoms with E-state index in [0.717, 1.165) is 48.7 Å². The molecule has 1 heterocycles. The lowest BCUT2D eigenvalue weighted by molar-refractivity contribution is -0.120. The highest BCUT2D eigenvalue weighted by Crippen LogP contribution is 2.16. The molecule has 1 fully saturated rings. The normalized spacial score (nSPS) is 14.4. The Labute approximate surface area is 159 Å². The van der Waals surface area contributed by atoms with E-state index >= 15 is 0 Å². The first kappa shape index (κ1) is 18.9. The van der Waals surface area contributed by atoms with Crippen molar-refractivity contribution >= 4 is 23.5 Å². The summed E-state index contributed by atoms with van der Waals surface area (Å²) in [5.41, 5.74) is 5.06. The molecule has 1 saturated heterocycles. The Bertz CT molecular complexity index is 777. The van der Waals surface area contributed by atoms with Crippen molar-refractivity contribution in [3.05, 3.63) is 59.2 Å². The summed E-state index contributed by atoms with van der Waals surface area (Å²) in [5.74, 6) is -0.236. The highest BCUT2D eigenvalue weighted by molar-refractivity contribution is 5.92. The SMILES string of the molecule is Cc1cc(C)cc(NC(=O)CON=Cc2ccc(N3CCOCC3)cc2)c1. The van der Waals surface area contributed by atoms with Crippen molar-refractivity contribution in [1.82, 2.24) is 0 Å². The van der Waals surface area contributed by atoms with Gasteiger partial charge in [-0.3, -0.25) is 4.79 Å². The Morgan fingerprint density at radius 3 is 2.48 bits per heavy atom. The van der Waals surface area contributed by atoms with E-state index in [2.05, 4.69) is 33.6 Å². The maximum absolute atomic E-state index is 11.9. The number of hydrogen-bond donors (Lipinski definition) is 1. The number of amides is 1. The zero-order valence-electron chi connectivity index (χ0n) is 15.8. The molecule has 0 bridgehead atoms. The molecule has 1 aliphatic rings. The van der Waals surface area contributed by atoms with Crippen molar-refractivity contribution < 1.29 is 14.4 Å². The van der Waals surface area contributed by atoms with Crippen LogP contribution in [0.2, 0.25) is 0 Å². The third-order valence-corrected chi connectivity index (χ3v) is 4.25. The maximum Gasteiger partial charge on any atom is 0.265 e. The Kier molecular flexibility index (Phi) is 6.44. The molecule has 0 spiro atoms. The van der Waals surface area contributed by atoms with Gasteiger partial charge in [-0.05, 0) is 54.8 Å². The van der Waals surface area contributed by atoms with Gasteiger partial charge in [0.25, 0.3) is 5.91 Å². The molecule has 0 saturated carbocycles. The van der Waals surface area contributed by atoms with Crippen LogP contribution in [0.5, 0.6) is 0 Å². The number of aryl methyl sites for hydroxylation is 2. The van der Waals surface area contributed by atoms with Crippen LogP contribution in [0.25, 0.3) is 0 Å². The lowest BCUT2D eigenvalue weighted by Gasteiger charge is -2.28. The van der Waals surface area contributed by atoms with Gasteiger partial charge in [-0.2, -0.15) is 0 Å². The molecule has 1 amide bonds. The minimum Gasteiger partial charge on any atom is -0.386 e. The second-order valence-electron chi connectivity index (χ2n) is 6.62. The zero-order valence-corrected chi connectivity index (χ0v) is 15.8. The van der Waals surface area contributed by atoms with Gasteiger partial charge in [0, 0.05) is 24.5 Å². The van der Waals surface area contributed by atoms with E-state index in [1.807, 2.05) is 38.1 Å². The topological polar surface area (TPSA) is 63.2 Å². The average molecular weight is 367 g/mol. The Morgan fingerprint density at radius 2 is 1.81 bits per heavy atom. The molecular weight excluding hydrogens is 342 g/mol. The van der Waals surface area contributed by atoms with Crippen LogP contribution in [0.3, 0.4) is 0 Å². The third-order valence-electron chi connectivity index (χ3n) is 4.25. The van der Waals surface area contributed by atoms with E-state index in [1.165, 1.54) is 5.69 Å². The lowest BCUT2D eigenvalue weighted by Crippen LogP contribution is -2.36. The second kappa shape index (κ2) is 9.19. The number of nitrogens with one attached hydrogen (secondary N) is 1. The zero-order chi connectivity index (χ0) is 19.1. The molecule has 0 aromatic heterocycles. The van der Waals surface area contributed by atoms with Gasteiger partial charge in [0.1, 0.15) is 0 Å². The molecule has 0 atom stereocenters. The fourth-order valence-corrected chi connectivity index (χ4v) is 3.03. The molecule has 6 nitrogen and oxygen atoms in total. The van der Waals surface area contributed by atoms with Crippen LogP contribution >= 0.6 is 0 Å². The first-order valence-electron chi connectivity index (χ1n) is 9.06. The standard InChI is InChI=1S/C21H25N3O3/c1-16-11-17(2)13-19(12-16)23-21(25)15-27-22-14-18-3-5-20(6-4-18)24-7-9-26-10-8-24/h3-6,11-14H,7-10,15H2,1-2H3,(H,23,25). The molecule has 27 heavy (non-hydrogen) atoms. The van der Waals surface area contributed by atoms with E-state index < -0.39 is 0 Å².